The van der Waals surface area contributed by atoms with Gasteiger partial charge in [0.15, 0.2) is 0 Å². The summed E-state index contributed by atoms with van der Waals surface area (Å²) in [5.74, 6) is 0. The Morgan fingerprint density at radius 2 is 1.87 bits per heavy atom. The van der Waals surface area contributed by atoms with Gasteiger partial charge in [0.25, 0.3) is 0 Å². The SMILES string of the molecule is COP(=O)(Cc1cccc(CBr)c1)OC. The van der Waals surface area contributed by atoms with E-state index in [1.54, 1.807) is 0 Å². The molecule has 15 heavy (non-hydrogen) atoms. The van der Waals surface area contributed by atoms with Crippen LogP contribution in [0.2, 0.25) is 0 Å². The Kier molecular flexibility index (Phi) is 5.00. The van der Waals surface area contributed by atoms with Crippen molar-refractivity contribution >= 4 is 23.5 Å². The molecule has 0 heterocycles. The summed E-state index contributed by atoms with van der Waals surface area (Å²) in [5.41, 5.74) is 2.10. The van der Waals surface area contributed by atoms with Gasteiger partial charge >= 0.3 is 7.60 Å². The van der Waals surface area contributed by atoms with Crippen LogP contribution in [0.5, 0.6) is 0 Å². The first-order valence-corrected chi connectivity index (χ1v) is 7.33. The lowest BCUT2D eigenvalue weighted by molar-refractivity contribution is 0.275. The lowest BCUT2D eigenvalue weighted by atomic mass is 10.2. The summed E-state index contributed by atoms with van der Waals surface area (Å²) in [4.78, 5) is 0. The van der Waals surface area contributed by atoms with Crippen LogP contribution in [0.4, 0.5) is 0 Å². The van der Waals surface area contributed by atoms with Crippen LogP contribution in [0.3, 0.4) is 0 Å². The van der Waals surface area contributed by atoms with Gasteiger partial charge in [-0.05, 0) is 11.1 Å². The van der Waals surface area contributed by atoms with Crippen molar-refractivity contribution < 1.29 is 13.6 Å². The van der Waals surface area contributed by atoms with Crippen LogP contribution in [0.15, 0.2) is 24.3 Å². The first-order valence-electron chi connectivity index (χ1n) is 4.48. The van der Waals surface area contributed by atoms with E-state index in [4.69, 9.17) is 9.05 Å². The summed E-state index contributed by atoms with van der Waals surface area (Å²) < 4.78 is 21.6. The molecule has 0 N–H and O–H groups in total. The fourth-order valence-corrected chi connectivity index (χ4v) is 2.64. The van der Waals surface area contributed by atoms with Crippen LogP contribution in [-0.4, -0.2) is 14.2 Å². The number of hydrogen-bond acceptors (Lipinski definition) is 3. The van der Waals surface area contributed by atoms with Gasteiger partial charge in [0.2, 0.25) is 0 Å². The van der Waals surface area contributed by atoms with Crippen molar-refractivity contribution in [3.05, 3.63) is 35.4 Å². The van der Waals surface area contributed by atoms with Crippen molar-refractivity contribution in [2.24, 2.45) is 0 Å². The average molecular weight is 293 g/mol. The van der Waals surface area contributed by atoms with Gasteiger partial charge in [0, 0.05) is 19.5 Å². The lowest BCUT2D eigenvalue weighted by Crippen LogP contribution is -1.94. The minimum atomic E-state index is -2.95. The minimum Gasteiger partial charge on any atom is -0.312 e. The van der Waals surface area contributed by atoms with Crippen molar-refractivity contribution in [3.63, 3.8) is 0 Å². The van der Waals surface area contributed by atoms with E-state index in [0.29, 0.717) is 6.16 Å². The Hall–Kier alpha value is -0.150. The van der Waals surface area contributed by atoms with Crippen LogP contribution in [0.25, 0.3) is 0 Å². The van der Waals surface area contributed by atoms with Gasteiger partial charge in [-0.25, -0.2) is 0 Å². The third kappa shape index (κ3) is 3.72. The molecule has 0 amide bonds. The molecule has 5 heteroatoms. The van der Waals surface area contributed by atoms with Crippen LogP contribution < -0.4 is 0 Å². The van der Waals surface area contributed by atoms with E-state index in [2.05, 4.69) is 15.9 Å². The van der Waals surface area contributed by atoms with E-state index >= 15 is 0 Å². The molecular weight excluding hydrogens is 279 g/mol. The summed E-state index contributed by atoms with van der Waals surface area (Å²) in [5, 5.41) is 0.783. The van der Waals surface area contributed by atoms with E-state index in [0.717, 1.165) is 16.5 Å². The number of halogens is 1. The maximum absolute atomic E-state index is 11.9. The largest absolute Gasteiger partial charge is 0.334 e. The third-order valence-corrected chi connectivity index (χ3v) is 4.59. The van der Waals surface area contributed by atoms with E-state index in [-0.39, 0.29) is 0 Å². The highest BCUT2D eigenvalue weighted by molar-refractivity contribution is 9.08. The molecule has 0 fully saturated rings. The fraction of sp³-hybridized carbons (Fsp3) is 0.400. The molecule has 0 saturated carbocycles. The Balaban J connectivity index is 2.84. The summed E-state index contributed by atoms with van der Waals surface area (Å²) in [7, 11) is -0.146. The first kappa shape index (κ1) is 12.9. The highest BCUT2D eigenvalue weighted by Gasteiger charge is 2.21. The molecule has 0 saturated heterocycles. The standard InChI is InChI=1S/C10H14BrO3P/c1-13-15(12,14-2)8-10-5-3-4-9(6-10)7-11/h3-6H,7-8H2,1-2H3. The zero-order valence-corrected chi connectivity index (χ0v) is 11.3. The number of rotatable bonds is 5. The predicted octanol–water partition coefficient (Wildman–Crippen LogP) is 3.57. The maximum atomic E-state index is 11.9. The lowest BCUT2D eigenvalue weighted by Gasteiger charge is -2.13. The molecule has 84 valence electrons. The van der Waals surface area contributed by atoms with Crippen molar-refractivity contribution in [3.8, 4) is 0 Å². The Labute approximate surface area is 98.4 Å². The van der Waals surface area contributed by atoms with Gasteiger partial charge in [0.05, 0.1) is 6.16 Å². The normalized spacial score (nSPS) is 11.7. The second-order valence-corrected chi connectivity index (χ2v) is 5.92. The molecule has 0 aliphatic heterocycles. The zero-order valence-electron chi connectivity index (χ0n) is 8.77. The highest BCUT2D eigenvalue weighted by atomic mass is 79.9. The topological polar surface area (TPSA) is 35.5 Å². The molecule has 1 rings (SSSR count). The molecule has 0 aromatic heterocycles. The van der Waals surface area contributed by atoms with E-state index in [9.17, 15) is 4.57 Å². The van der Waals surface area contributed by atoms with Crippen LogP contribution in [0, 0.1) is 0 Å². The van der Waals surface area contributed by atoms with Gasteiger partial charge in [-0.3, -0.25) is 4.57 Å². The van der Waals surface area contributed by atoms with Gasteiger partial charge in [-0.15, -0.1) is 0 Å². The zero-order chi connectivity index (χ0) is 11.3. The summed E-state index contributed by atoms with van der Waals surface area (Å²) in [6.45, 7) is 0. The molecule has 0 aliphatic rings. The third-order valence-electron chi connectivity index (χ3n) is 2.08. The molecular formula is C10H14BrO3P. The van der Waals surface area contributed by atoms with Crippen LogP contribution >= 0.6 is 23.5 Å². The first-order chi connectivity index (χ1) is 7.13. The molecule has 0 radical (unpaired) electrons. The number of hydrogen-bond donors (Lipinski definition) is 0. The molecule has 1 aromatic carbocycles. The molecule has 0 aliphatic carbocycles. The molecule has 0 spiro atoms. The van der Waals surface area contributed by atoms with Crippen molar-refractivity contribution in [2.75, 3.05) is 14.2 Å². The quantitative estimate of drug-likeness (QED) is 0.615. The maximum Gasteiger partial charge on any atom is 0.334 e. The second kappa shape index (κ2) is 5.80. The van der Waals surface area contributed by atoms with Crippen LogP contribution in [-0.2, 0) is 25.1 Å². The monoisotopic (exact) mass is 292 g/mol. The summed E-state index contributed by atoms with van der Waals surface area (Å²) in [6.07, 6.45) is 0.306. The fourth-order valence-electron chi connectivity index (χ4n) is 1.24. The van der Waals surface area contributed by atoms with Gasteiger partial charge in [-0.2, -0.15) is 0 Å². The number of alkyl halides is 1. The minimum absolute atomic E-state index is 0.306. The van der Waals surface area contributed by atoms with Gasteiger partial charge in [0.1, 0.15) is 0 Å². The molecule has 0 unspecified atom stereocenters. The van der Waals surface area contributed by atoms with Gasteiger partial charge < -0.3 is 9.05 Å². The van der Waals surface area contributed by atoms with Crippen molar-refractivity contribution in [1.29, 1.82) is 0 Å². The highest BCUT2D eigenvalue weighted by Crippen LogP contribution is 2.49. The van der Waals surface area contributed by atoms with Crippen molar-refractivity contribution in [2.45, 2.75) is 11.5 Å². The summed E-state index contributed by atoms with van der Waals surface area (Å²) in [6, 6.07) is 7.83. The Morgan fingerprint density at radius 1 is 1.27 bits per heavy atom. The predicted molar refractivity (Wildman–Crippen MR) is 64.4 cm³/mol. The smallest absolute Gasteiger partial charge is 0.312 e. The van der Waals surface area contributed by atoms with E-state index in [1.807, 2.05) is 24.3 Å². The molecule has 1 aromatic rings. The van der Waals surface area contributed by atoms with Crippen molar-refractivity contribution in [1.82, 2.24) is 0 Å². The average Bonchev–Trinajstić information content (AvgIpc) is 2.29. The second-order valence-electron chi connectivity index (χ2n) is 3.09. The molecule has 3 nitrogen and oxygen atoms in total. The molecule has 0 atom stereocenters. The van der Waals surface area contributed by atoms with E-state index in [1.165, 1.54) is 14.2 Å². The Morgan fingerprint density at radius 3 is 2.40 bits per heavy atom. The molecule has 0 bridgehead atoms. The number of benzene rings is 1. The Bertz CT molecular complexity index is 359. The van der Waals surface area contributed by atoms with E-state index < -0.39 is 7.60 Å². The van der Waals surface area contributed by atoms with Gasteiger partial charge in [-0.1, -0.05) is 40.2 Å². The van der Waals surface area contributed by atoms with Crippen LogP contribution in [0.1, 0.15) is 11.1 Å². The summed E-state index contributed by atoms with van der Waals surface area (Å²) >= 11 is 3.37.